The molecule has 0 saturated heterocycles. The van der Waals surface area contributed by atoms with Gasteiger partial charge in [-0.1, -0.05) is 221 Å². The molecule has 0 radical (unpaired) electrons. The highest BCUT2D eigenvalue weighted by atomic mass is 16.5. The molecule has 59 heavy (non-hydrogen) atoms. The number of ether oxygens (including phenoxy) is 1. The molecule has 6 heteroatoms. The minimum absolute atomic E-state index is 0.0230. The number of rotatable bonds is 42. The van der Waals surface area contributed by atoms with Crippen molar-refractivity contribution in [1.29, 1.82) is 0 Å². The Morgan fingerprint density at radius 3 is 1.44 bits per heavy atom. The number of carbonyl (C=O) groups is 2. The fourth-order valence-corrected chi connectivity index (χ4v) is 6.92. The van der Waals surface area contributed by atoms with Crippen molar-refractivity contribution < 1.29 is 24.5 Å². The van der Waals surface area contributed by atoms with Crippen LogP contribution in [0.15, 0.2) is 85.1 Å². The van der Waals surface area contributed by atoms with Crippen LogP contribution in [0.1, 0.15) is 213 Å². The Bertz CT molecular complexity index is 1150. The lowest BCUT2D eigenvalue weighted by Gasteiger charge is -2.24. The fraction of sp³-hybridized carbons (Fsp3) is 0.698. The molecular weight excluding hydrogens is 731 g/mol. The van der Waals surface area contributed by atoms with Gasteiger partial charge in [0.05, 0.1) is 25.2 Å². The Morgan fingerprint density at radius 1 is 0.508 bits per heavy atom. The molecule has 0 aromatic heterocycles. The maximum atomic E-state index is 13.2. The van der Waals surface area contributed by atoms with Gasteiger partial charge in [0.15, 0.2) is 0 Å². The van der Waals surface area contributed by atoms with E-state index in [0.29, 0.717) is 19.3 Å². The number of hydrogen-bond acceptors (Lipinski definition) is 5. The summed E-state index contributed by atoms with van der Waals surface area (Å²) < 4.78 is 5.87. The monoisotopic (exact) mass is 822 g/mol. The van der Waals surface area contributed by atoms with Crippen molar-refractivity contribution in [2.45, 2.75) is 232 Å². The second-order valence-corrected chi connectivity index (χ2v) is 16.3. The summed E-state index contributed by atoms with van der Waals surface area (Å²) in [7, 11) is 0. The maximum Gasteiger partial charge on any atom is 0.306 e. The van der Waals surface area contributed by atoms with E-state index in [0.717, 1.165) is 70.6 Å². The average molecular weight is 822 g/mol. The Balaban J connectivity index is 4.77. The molecule has 0 spiro atoms. The third kappa shape index (κ3) is 41.6. The summed E-state index contributed by atoms with van der Waals surface area (Å²) in [5.74, 6) is -0.577. The summed E-state index contributed by atoms with van der Waals surface area (Å²) in [6, 6.07) is -0.728. The van der Waals surface area contributed by atoms with Gasteiger partial charge in [0.1, 0.15) is 6.10 Å². The first-order valence-electron chi connectivity index (χ1n) is 24.4. The highest BCUT2D eigenvalue weighted by molar-refractivity contribution is 5.77. The molecule has 0 aliphatic carbocycles. The number of nitrogens with one attached hydrogen (secondary N) is 1. The molecule has 0 rings (SSSR count). The van der Waals surface area contributed by atoms with Crippen LogP contribution in [-0.2, 0) is 14.3 Å². The van der Waals surface area contributed by atoms with Crippen LogP contribution >= 0.6 is 0 Å². The third-order valence-corrected chi connectivity index (χ3v) is 10.6. The predicted molar refractivity (Wildman–Crippen MR) is 254 cm³/mol. The van der Waals surface area contributed by atoms with Crippen molar-refractivity contribution in [2.24, 2.45) is 0 Å². The van der Waals surface area contributed by atoms with E-state index in [4.69, 9.17) is 4.74 Å². The van der Waals surface area contributed by atoms with E-state index in [1.165, 1.54) is 96.3 Å². The van der Waals surface area contributed by atoms with E-state index in [2.05, 4.69) is 68.6 Å². The van der Waals surface area contributed by atoms with Gasteiger partial charge < -0.3 is 20.3 Å². The van der Waals surface area contributed by atoms with Crippen LogP contribution in [0.3, 0.4) is 0 Å². The fourth-order valence-electron chi connectivity index (χ4n) is 6.92. The minimum Gasteiger partial charge on any atom is -0.462 e. The van der Waals surface area contributed by atoms with Crippen LogP contribution in [0.25, 0.3) is 0 Å². The molecule has 0 aromatic carbocycles. The van der Waals surface area contributed by atoms with Crippen LogP contribution < -0.4 is 5.32 Å². The number of aliphatic hydroxyl groups excluding tert-OH is 2. The molecule has 6 nitrogen and oxygen atoms in total. The van der Waals surface area contributed by atoms with Crippen LogP contribution in [0.2, 0.25) is 0 Å². The van der Waals surface area contributed by atoms with Crippen molar-refractivity contribution in [3.8, 4) is 0 Å². The quantitative estimate of drug-likeness (QED) is 0.0324. The number of esters is 1. The zero-order valence-electron chi connectivity index (χ0n) is 38.4. The van der Waals surface area contributed by atoms with Gasteiger partial charge in [-0.3, -0.25) is 9.59 Å². The molecule has 0 fully saturated rings. The second kappa shape index (κ2) is 46.1. The largest absolute Gasteiger partial charge is 0.462 e. The topological polar surface area (TPSA) is 95.9 Å². The Kier molecular flexibility index (Phi) is 43.8. The zero-order valence-corrected chi connectivity index (χ0v) is 38.4. The molecule has 338 valence electrons. The van der Waals surface area contributed by atoms with Crippen molar-refractivity contribution in [1.82, 2.24) is 5.32 Å². The van der Waals surface area contributed by atoms with Crippen molar-refractivity contribution in [3.63, 3.8) is 0 Å². The van der Waals surface area contributed by atoms with E-state index in [1.807, 2.05) is 42.5 Å². The van der Waals surface area contributed by atoms with Gasteiger partial charge in [0.25, 0.3) is 0 Å². The van der Waals surface area contributed by atoms with E-state index >= 15 is 0 Å². The molecule has 3 N–H and O–H groups in total. The maximum absolute atomic E-state index is 13.2. The lowest BCUT2D eigenvalue weighted by molar-refractivity contribution is -0.151. The van der Waals surface area contributed by atoms with Crippen molar-refractivity contribution >= 4 is 11.9 Å². The van der Waals surface area contributed by atoms with E-state index in [9.17, 15) is 19.8 Å². The molecule has 0 aliphatic rings. The zero-order chi connectivity index (χ0) is 43.1. The summed E-state index contributed by atoms with van der Waals surface area (Å²) in [5.41, 5.74) is 0. The van der Waals surface area contributed by atoms with Crippen molar-refractivity contribution in [3.05, 3.63) is 85.1 Å². The second-order valence-electron chi connectivity index (χ2n) is 16.3. The Labute approximate surface area is 363 Å². The number of aliphatic hydroxyl groups is 2. The molecule has 0 heterocycles. The first kappa shape index (κ1) is 56.0. The number of carbonyl (C=O) groups excluding carboxylic acids is 2. The predicted octanol–water partition coefficient (Wildman–Crippen LogP) is 14.4. The minimum atomic E-state index is -0.810. The van der Waals surface area contributed by atoms with Gasteiger partial charge in [-0.15, -0.1) is 0 Å². The van der Waals surface area contributed by atoms with E-state index < -0.39 is 18.2 Å². The van der Waals surface area contributed by atoms with Crippen LogP contribution in [0.4, 0.5) is 0 Å². The molecule has 0 saturated carbocycles. The standard InChI is InChI=1S/C53H91NO5/c1-4-7-10-13-16-19-22-24-26-28-31-34-37-40-43-46-53(58)59-49(44-41-38-35-32-30-27-25-23-20-17-14-11-8-5-2)47-52(57)54-50(48-55)51(56)45-42-39-36-33-29-21-18-15-12-9-6-3/h7,10,13,16,19,22,24,26-28,30-32,35,49-51,55-56H,4-6,8-9,11-12,14-15,17-18,20-21,23,25,29,33-34,36-48H2,1-3H3,(H,54,57)/b10-7+,16-13+,22-19-,26-24-,30-27+,31-28+,35-32+. The molecule has 0 aliphatic heterocycles. The van der Waals surface area contributed by atoms with Gasteiger partial charge in [-0.05, 0) is 64.2 Å². The SMILES string of the molecule is CC/C=C/C=C/C=C\C=C/C=C/CCCCCC(=O)OC(CCC/C=C/C=C/CCCCCCCCC)CC(=O)NC(CO)C(O)CCCCCCCCCCCCC. The summed E-state index contributed by atoms with van der Waals surface area (Å²) in [6.45, 7) is 6.29. The molecule has 0 aromatic rings. The smallest absolute Gasteiger partial charge is 0.306 e. The Hall–Kier alpha value is -2.96. The van der Waals surface area contributed by atoms with Gasteiger partial charge in [0, 0.05) is 6.42 Å². The Morgan fingerprint density at radius 2 is 0.932 bits per heavy atom. The van der Waals surface area contributed by atoms with Crippen LogP contribution in [0, 0.1) is 0 Å². The molecule has 3 atom stereocenters. The normalized spacial score (nSPS) is 14.1. The van der Waals surface area contributed by atoms with Gasteiger partial charge in [-0.25, -0.2) is 0 Å². The first-order chi connectivity index (χ1) is 29.0. The van der Waals surface area contributed by atoms with E-state index in [-0.39, 0.29) is 24.9 Å². The number of allylic oxidation sites excluding steroid dienone is 14. The number of amides is 1. The highest BCUT2D eigenvalue weighted by Crippen LogP contribution is 2.16. The van der Waals surface area contributed by atoms with Crippen LogP contribution in [-0.4, -0.2) is 46.9 Å². The van der Waals surface area contributed by atoms with Gasteiger partial charge >= 0.3 is 5.97 Å². The summed E-state index contributed by atoms with van der Waals surface area (Å²) in [6.07, 6.45) is 59.3. The molecule has 3 unspecified atom stereocenters. The molecular formula is C53H91NO5. The lowest BCUT2D eigenvalue weighted by Crippen LogP contribution is -2.46. The average Bonchev–Trinajstić information content (AvgIpc) is 3.23. The first-order valence-corrected chi connectivity index (χ1v) is 24.4. The van der Waals surface area contributed by atoms with Crippen molar-refractivity contribution in [2.75, 3.05) is 6.61 Å². The van der Waals surface area contributed by atoms with Crippen LogP contribution in [0.5, 0.6) is 0 Å². The highest BCUT2D eigenvalue weighted by Gasteiger charge is 2.24. The number of hydrogen-bond donors (Lipinski definition) is 3. The molecule has 1 amide bonds. The summed E-state index contributed by atoms with van der Waals surface area (Å²) in [5, 5.41) is 23.7. The lowest BCUT2D eigenvalue weighted by atomic mass is 10.0. The molecule has 0 bridgehead atoms. The number of unbranched alkanes of at least 4 members (excludes halogenated alkanes) is 21. The third-order valence-electron chi connectivity index (χ3n) is 10.6. The summed E-state index contributed by atoms with van der Waals surface area (Å²) >= 11 is 0. The van der Waals surface area contributed by atoms with Gasteiger partial charge in [0.2, 0.25) is 5.91 Å². The van der Waals surface area contributed by atoms with E-state index in [1.54, 1.807) is 0 Å². The van der Waals surface area contributed by atoms with Gasteiger partial charge in [-0.2, -0.15) is 0 Å². The summed E-state index contributed by atoms with van der Waals surface area (Å²) in [4.78, 5) is 26.0.